The molecule has 0 saturated heterocycles. The Kier molecular flexibility index (Phi) is 4.76. The van der Waals surface area contributed by atoms with Crippen LogP contribution in [0.25, 0.3) is 0 Å². The number of aromatic hydroxyl groups is 1. The molecule has 1 heterocycles. The summed E-state index contributed by atoms with van der Waals surface area (Å²) in [6, 6.07) is 3.22. The van der Waals surface area contributed by atoms with E-state index >= 15 is 0 Å². The first-order chi connectivity index (χ1) is 7.69. The first-order valence-electron chi connectivity index (χ1n) is 5.46. The molecule has 1 aromatic rings. The lowest BCUT2D eigenvalue weighted by Gasteiger charge is -2.05. The lowest BCUT2D eigenvalue weighted by molar-refractivity contribution is 0.0590. The van der Waals surface area contributed by atoms with E-state index in [-0.39, 0.29) is 11.4 Å². The fourth-order valence-corrected chi connectivity index (χ4v) is 1.43. The molecular weight excluding hydrogens is 206 g/mol. The van der Waals surface area contributed by atoms with Gasteiger partial charge in [0.15, 0.2) is 5.69 Å². The number of carbonyl (C=O) groups excluding carboxylic acids is 1. The zero-order chi connectivity index (χ0) is 12.0. The largest absolute Gasteiger partial charge is 0.505 e. The number of hydrogen-bond donors (Lipinski definition) is 1. The van der Waals surface area contributed by atoms with Gasteiger partial charge < -0.3 is 9.84 Å². The van der Waals surface area contributed by atoms with Crippen LogP contribution in [-0.2, 0) is 11.2 Å². The van der Waals surface area contributed by atoms with Crippen molar-refractivity contribution in [3.63, 3.8) is 0 Å². The molecule has 0 bridgehead atoms. The molecule has 1 N–H and O–H groups in total. The van der Waals surface area contributed by atoms with E-state index in [2.05, 4.69) is 16.6 Å². The minimum atomic E-state index is -0.602. The van der Waals surface area contributed by atoms with Crippen LogP contribution >= 0.6 is 0 Å². The Morgan fingerprint density at radius 1 is 1.44 bits per heavy atom. The van der Waals surface area contributed by atoms with Gasteiger partial charge in [-0.15, -0.1) is 0 Å². The van der Waals surface area contributed by atoms with Crippen LogP contribution in [0.5, 0.6) is 5.75 Å². The van der Waals surface area contributed by atoms with Gasteiger partial charge in [0.2, 0.25) is 0 Å². The molecule has 0 atom stereocenters. The number of esters is 1. The molecule has 0 spiro atoms. The van der Waals surface area contributed by atoms with Crippen molar-refractivity contribution in [1.29, 1.82) is 0 Å². The standard InChI is InChI=1S/C12H17NO3/c1-3-4-5-6-9-7-8-10(14)11(13-9)12(15)16-2/h7-8,14H,3-6H2,1-2H3. The topological polar surface area (TPSA) is 59.4 Å². The van der Waals surface area contributed by atoms with E-state index in [1.807, 2.05) is 0 Å². The van der Waals surface area contributed by atoms with Gasteiger partial charge in [-0.05, 0) is 25.0 Å². The summed E-state index contributed by atoms with van der Waals surface area (Å²) in [5, 5.41) is 9.44. The van der Waals surface area contributed by atoms with Gasteiger partial charge in [0.25, 0.3) is 0 Å². The van der Waals surface area contributed by atoms with Crippen LogP contribution in [0.15, 0.2) is 12.1 Å². The Balaban J connectivity index is 2.77. The third kappa shape index (κ3) is 3.22. The van der Waals surface area contributed by atoms with Crippen molar-refractivity contribution in [2.75, 3.05) is 7.11 Å². The molecule has 0 aromatic carbocycles. The van der Waals surface area contributed by atoms with Crippen LogP contribution in [0.4, 0.5) is 0 Å². The number of rotatable bonds is 5. The number of methoxy groups -OCH3 is 1. The van der Waals surface area contributed by atoms with Gasteiger partial charge in [0.1, 0.15) is 5.75 Å². The van der Waals surface area contributed by atoms with Crippen molar-refractivity contribution in [1.82, 2.24) is 4.98 Å². The number of unbranched alkanes of at least 4 members (excludes halogenated alkanes) is 2. The molecule has 4 heteroatoms. The van der Waals surface area contributed by atoms with Crippen LogP contribution in [0.3, 0.4) is 0 Å². The molecule has 1 rings (SSSR count). The number of carbonyl (C=O) groups is 1. The highest BCUT2D eigenvalue weighted by Crippen LogP contribution is 2.16. The highest BCUT2D eigenvalue weighted by molar-refractivity contribution is 5.90. The summed E-state index contributed by atoms with van der Waals surface area (Å²) in [7, 11) is 1.27. The average molecular weight is 223 g/mol. The Morgan fingerprint density at radius 3 is 2.81 bits per heavy atom. The Hall–Kier alpha value is -1.58. The van der Waals surface area contributed by atoms with E-state index in [9.17, 15) is 9.90 Å². The van der Waals surface area contributed by atoms with Gasteiger partial charge in [-0.1, -0.05) is 19.8 Å². The molecule has 1 aromatic heterocycles. The Labute approximate surface area is 95.3 Å². The SMILES string of the molecule is CCCCCc1ccc(O)c(C(=O)OC)n1. The maximum absolute atomic E-state index is 11.3. The summed E-state index contributed by atoms with van der Waals surface area (Å²) in [6.45, 7) is 2.13. The third-order valence-corrected chi connectivity index (χ3v) is 2.35. The van der Waals surface area contributed by atoms with Gasteiger partial charge >= 0.3 is 5.97 Å². The maximum Gasteiger partial charge on any atom is 0.360 e. The first-order valence-corrected chi connectivity index (χ1v) is 5.46. The predicted molar refractivity (Wildman–Crippen MR) is 60.5 cm³/mol. The first kappa shape index (κ1) is 12.5. The summed E-state index contributed by atoms with van der Waals surface area (Å²) >= 11 is 0. The van der Waals surface area contributed by atoms with Crippen LogP contribution in [0.1, 0.15) is 42.4 Å². The average Bonchev–Trinajstić information content (AvgIpc) is 2.30. The third-order valence-electron chi connectivity index (χ3n) is 2.35. The highest BCUT2D eigenvalue weighted by Gasteiger charge is 2.13. The number of ether oxygens (including phenoxy) is 1. The summed E-state index contributed by atoms with van der Waals surface area (Å²) in [6.07, 6.45) is 4.13. The van der Waals surface area contributed by atoms with Crippen LogP contribution in [-0.4, -0.2) is 23.2 Å². The second-order valence-electron chi connectivity index (χ2n) is 3.62. The number of hydrogen-bond acceptors (Lipinski definition) is 4. The fraction of sp³-hybridized carbons (Fsp3) is 0.500. The van der Waals surface area contributed by atoms with E-state index in [0.717, 1.165) is 31.4 Å². The molecule has 16 heavy (non-hydrogen) atoms. The monoisotopic (exact) mass is 223 g/mol. The fourth-order valence-electron chi connectivity index (χ4n) is 1.43. The molecule has 0 unspecified atom stereocenters. The van der Waals surface area contributed by atoms with Gasteiger partial charge in [-0.25, -0.2) is 9.78 Å². The molecule has 0 aliphatic heterocycles. The van der Waals surface area contributed by atoms with E-state index in [0.29, 0.717) is 0 Å². The Morgan fingerprint density at radius 2 is 2.19 bits per heavy atom. The number of pyridine rings is 1. The number of aromatic nitrogens is 1. The molecule has 0 aliphatic rings. The molecule has 0 radical (unpaired) electrons. The van der Waals surface area contributed by atoms with Gasteiger partial charge in [-0.3, -0.25) is 0 Å². The second kappa shape index (κ2) is 6.10. The van der Waals surface area contributed by atoms with Gasteiger partial charge in [0, 0.05) is 5.69 Å². The van der Waals surface area contributed by atoms with Crippen molar-refractivity contribution in [2.24, 2.45) is 0 Å². The summed E-state index contributed by atoms with van der Waals surface area (Å²) in [4.78, 5) is 15.4. The predicted octanol–water partition coefficient (Wildman–Crippen LogP) is 2.31. The van der Waals surface area contributed by atoms with Crippen LogP contribution in [0.2, 0.25) is 0 Å². The molecule has 0 fully saturated rings. The minimum absolute atomic E-state index is 0.00324. The molecule has 4 nitrogen and oxygen atoms in total. The van der Waals surface area contributed by atoms with Crippen molar-refractivity contribution in [3.05, 3.63) is 23.5 Å². The molecule has 0 amide bonds. The lowest BCUT2D eigenvalue weighted by atomic mass is 10.1. The smallest absolute Gasteiger partial charge is 0.360 e. The minimum Gasteiger partial charge on any atom is -0.505 e. The zero-order valence-electron chi connectivity index (χ0n) is 9.69. The van der Waals surface area contributed by atoms with E-state index in [4.69, 9.17) is 0 Å². The van der Waals surface area contributed by atoms with E-state index in [1.165, 1.54) is 13.2 Å². The van der Waals surface area contributed by atoms with Crippen molar-refractivity contribution in [3.8, 4) is 5.75 Å². The molecule has 0 aliphatic carbocycles. The Bertz CT molecular complexity index is 363. The molecule has 88 valence electrons. The quantitative estimate of drug-likeness (QED) is 0.614. The van der Waals surface area contributed by atoms with Crippen molar-refractivity contribution < 1.29 is 14.6 Å². The lowest BCUT2D eigenvalue weighted by Crippen LogP contribution is -2.06. The normalized spacial score (nSPS) is 10.1. The van der Waals surface area contributed by atoms with Gasteiger partial charge in [0.05, 0.1) is 7.11 Å². The molecular formula is C12H17NO3. The summed E-state index contributed by atoms with van der Waals surface area (Å²) in [5.74, 6) is -0.735. The molecule has 0 saturated carbocycles. The van der Waals surface area contributed by atoms with Crippen LogP contribution in [0, 0.1) is 0 Å². The summed E-state index contributed by atoms with van der Waals surface area (Å²) < 4.78 is 4.54. The van der Waals surface area contributed by atoms with Crippen molar-refractivity contribution in [2.45, 2.75) is 32.6 Å². The zero-order valence-corrected chi connectivity index (χ0v) is 9.69. The second-order valence-corrected chi connectivity index (χ2v) is 3.62. The summed E-state index contributed by atoms with van der Waals surface area (Å²) in [5.41, 5.74) is 0.808. The van der Waals surface area contributed by atoms with E-state index in [1.54, 1.807) is 6.07 Å². The number of nitrogens with zero attached hydrogens (tertiary/aromatic N) is 1. The van der Waals surface area contributed by atoms with Crippen LogP contribution < -0.4 is 0 Å². The van der Waals surface area contributed by atoms with Gasteiger partial charge in [-0.2, -0.15) is 0 Å². The van der Waals surface area contributed by atoms with Crippen molar-refractivity contribution >= 4 is 5.97 Å². The highest BCUT2D eigenvalue weighted by atomic mass is 16.5. The van der Waals surface area contributed by atoms with E-state index < -0.39 is 5.97 Å². The maximum atomic E-state index is 11.3. The number of aryl methyl sites for hydroxylation is 1.